The molecule has 0 radical (unpaired) electrons. The summed E-state index contributed by atoms with van der Waals surface area (Å²) in [5.41, 5.74) is 0.608. The molecule has 22 heavy (non-hydrogen) atoms. The molecule has 0 atom stereocenters. The van der Waals surface area contributed by atoms with Gasteiger partial charge in [0.2, 0.25) is 0 Å². The van der Waals surface area contributed by atoms with Crippen LogP contribution in [0.4, 0.5) is 0 Å². The van der Waals surface area contributed by atoms with Crippen LogP contribution >= 0.6 is 0 Å². The number of methoxy groups -OCH3 is 2. The van der Waals surface area contributed by atoms with Crippen LogP contribution in [0.1, 0.15) is 5.56 Å². The van der Waals surface area contributed by atoms with Crippen LogP contribution in [0.2, 0.25) is 0 Å². The minimum absolute atomic E-state index is 0.162. The average molecular weight is 301 g/mol. The van der Waals surface area contributed by atoms with Crippen LogP contribution in [-0.4, -0.2) is 38.7 Å². The van der Waals surface area contributed by atoms with E-state index in [0.29, 0.717) is 36.0 Å². The highest BCUT2D eigenvalue weighted by molar-refractivity contribution is 5.84. The maximum absolute atomic E-state index is 9.74. The number of hydrogen-bond acceptors (Lipinski definition) is 5. The quantitative estimate of drug-likeness (QED) is 0.631. The van der Waals surface area contributed by atoms with Crippen LogP contribution in [0.3, 0.4) is 0 Å². The average Bonchev–Trinajstić information content (AvgIpc) is 2.56. The molecule has 1 N–H and O–H groups in total. The molecule has 116 valence electrons. The predicted octanol–water partition coefficient (Wildman–Crippen LogP) is 2.91. The lowest BCUT2D eigenvalue weighted by atomic mass is 10.2. The molecule has 0 saturated heterocycles. The normalized spacial score (nSPS) is 10.6. The van der Waals surface area contributed by atoms with E-state index < -0.39 is 0 Å². The summed E-state index contributed by atoms with van der Waals surface area (Å²) in [6.07, 6.45) is 1.60. The van der Waals surface area contributed by atoms with E-state index in [0.717, 1.165) is 0 Å². The van der Waals surface area contributed by atoms with E-state index in [1.54, 1.807) is 38.6 Å². The third-order valence-electron chi connectivity index (χ3n) is 3.01. The number of aromatic hydroxyl groups is 1. The van der Waals surface area contributed by atoms with Gasteiger partial charge in [0.15, 0.2) is 11.5 Å². The van der Waals surface area contributed by atoms with Crippen molar-refractivity contribution in [1.82, 2.24) is 0 Å². The zero-order valence-corrected chi connectivity index (χ0v) is 12.7. The van der Waals surface area contributed by atoms with Gasteiger partial charge in [-0.1, -0.05) is 12.1 Å². The van der Waals surface area contributed by atoms with Crippen molar-refractivity contribution in [3.8, 4) is 23.0 Å². The van der Waals surface area contributed by atoms with E-state index in [2.05, 4.69) is 4.99 Å². The number of rotatable bonds is 7. The van der Waals surface area contributed by atoms with E-state index in [1.807, 2.05) is 24.3 Å². The number of nitrogens with zero attached hydrogens (tertiary/aromatic N) is 1. The molecule has 0 aliphatic carbocycles. The molecule has 0 fully saturated rings. The highest BCUT2D eigenvalue weighted by Crippen LogP contribution is 2.25. The Hall–Kier alpha value is -2.69. The fraction of sp³-hybridized carbons (Fsp3) is 0.235. The van der Waals surface area contributed by atoms with Gasteiger partial charge < -0.3 is 19.3 Å². The Balaban J connectivity index is 1.88. The molecule has 5 nitrogen and oxygen atoms in total. The van der Waals surface area contributed by atoms with Crippen LogP contribution < -0.4 is 14.2 Å². The maximum Gasteiger partial charge on any atom is 0.161 e. The van der Waals surface area contributed by atoms with E-state index in [-0.39, 0.29) is 5.75 Å². The van der Waals surface area contributed by atoms with Gasteiger partial charge in [0.1, 0.15) is 18.1 Å². The smallest absolute Gasteiger partial charge is 0.161 e. The number of hydrogen-bond donors (Lipinski definition) is 1. The Labute approximate surface area is 129 Å². The largest absolute Gasteiger partial charge is 0.507 e. The zero-order chi connectivity index (χ0) is 15.8. The lowest BCUT2D eigenvalue weighted by Crippen LogP contribution is -2.02. The third-order valence-corrected chi connectivity index (χ3v) is 3.01. The zero-order valence-electron chi connectivity index (χ0n) is 12.7. The molecular formula is C17H19NO4. The van der Waals surface area contributed by atoms with Gasteiger partial charge >= 0.3 is 0 Å². The second-order valence-electron chi connectivity index (χ2n) is 4.46. The molecule has 0 spiro atoms. The number of phenolic OH excluding ortho intramolecular Hbond substituents is 1. The Bertz CT molecular complexity index is 640. The first-order valence-electron chi connectivity index (χ1n) is 6.87. The predicted molar refractivity (Wildman–Crippen MR) is 85.6 cm³/mol. The number of benzene rings is 2. The number of phenols is 1. The highest BCUT2D eigenvalue weighted by Gasteiger charge is 2.02. The van der Waals surface area contributed by atoms with Crippen LogP contribution in [0.15, 0.2) is 47.5 Å². The van der Waals surface area contributed by atoms with Gasteiger partial charge in [-0.05, 0) is 30.3 Å². The monoisotopic (exact) mass is 301 g/mol. The fourth-order valence-corrected chi connectivity index (χ4v) is 1.87. The summed E-state index contributed by atoms with van der Waals surface area (Å²) in [5.74, 6) is 2.21. The summed E-state index contributed by atoms with van der Waals surface area (Å²) in [6.45, 7) is 0.885. The van der Waals surface area contributed by atoms with Crippen molar-refractivity contribution in [3.63, 3.8) is 0 Å². The summed E-state index contributed by atoms with van der Waals surface area (Å²) >= 11 is 0. The van der Waals surface area contributed by atoms with Gasteiger partial charge in [-0.3, -0.25) is 4.99 Å². The molecule has 2 aromatic carbocycles. The Morgan fingerprint density at radius 2 is 1.82 bits per heavy atom. The number of ether oxygens (including phenoxy) is 3. The Morgan fingerprint density at radius 3 is 2.55 bits per heavy atom. The van der Waals surface area contributed by atoms with Crippen molar-refractivity contribution >= 4 is 6.21 Å². The van der Waals surface area contributed by atoms with Crippen LogP contribution in [0.25, 0.3) is 0 Å². The number of para-hydroxylation sites is 2. The van der Waals surface area contributed by atoms with Crippen molar-refractivity contribution in [2.24, 2.45) is 4.99 Å². The molecule has 0 aliphatic heterocycles. The van der Waals surface area contributed by atoms with Crippen molar-refractivity contribution in [1.29, 1.82) is 0 Å². The minimum Gasteiger partial charge on any atom is -0.507 e. The topological polar surface area (TPSA) is 60.3 Å². The first-order chi connectivity index (χ1) is 10.7. The molecule has 0 aromatic heterocycles. The highest BCUT2D eigenvalue weighted by atomic mass is 16.5. The molecular weight excluding hydrogens is 282 g/mol. The summed E-state index contributed by atoms with van der Waals surface area (Å²) in [5, 5.41) is 9.74. The van der Waals surface area contributed by atoms with Crippen molar-refractivity contribution in [2.45, 2.75) is 0 Å². The summed E-state index contributed by atoms with van der Waals surface area (Å²) in [7, 11) is 3.18. The first kappa shape index (κ1) is 15.7. The van der Waals surface area contributed by atoms with Crippen LogP contribution in [-0.2, 0) is 0 Å². The van der Waals surface area contributed by atoms with Gasteiger partial charge in [-0.15, -0.1) is 0 Å². The molecule has 0 amide bonds. The second kappa shape index (κ2) is 7.93. The standard InChI is InChI=1S/C17H19NO4/c1-20-14-7-8-15(19)13(11-14)12-18-9-10-22-17-6-4-3-5-16(17)21-2/h3-8,11-12,19H,9-10H2,1-2H3. The lowest BCUT2D eigenvalue weighted by Gasteiger charge is -2.08. The van der Waals surface area contributed by atoms with Crippen LogP contribution in [0, 0.1) is 0 Å². The SMILES string of the molecule is COc1ccc(O)c(C=NCCOc2ccccc2OC)c1. The molecule has 0 bridgehead atoms. The number of aliphatic imine (C=N–C) groups is 1. The van der Waals surface area contributed by atoms with Crippen LogP contribution in [0.5, 0.6) is 23.0 Å². The molecule has 2 rings (SSSR count). The molecule has 0 saturated carbocycles. The minimum atomic E-state index is 0.162. The van der Waals surface area contributed by atoms with Crippen molar-refractivity contribution in [2.75, 3.05) is 27.4 Å². The lowest BCUT2D eigenvalue weighted by molar-refractivity contribution is 0.303. The molecule has 5 heteroatoms. The van der Waals surface area contributed by atoms with E-state index >= 15 is 0 Å². The Kier molecular flexibility index (Phi) is 5.65. The summed E-state index contributed by atoms with van der Waals surface area (Å²) in [4.78, 5) is 4.24. The maximum atomic E-state index is 9.74. The second-order valence-corrected chi connectivity index (χ2v) is 4.46. The fourth-order valence-electron chi connectivity index (χ4n) is 1.87. The first-order valence-corrected chi connectivity index (χ1v) is 6.87. The van der Waals surface area contributed by atoms with Gasteiger partial charge in [0.25, 0.3) is 0 Å². The molecule has 0 unspecified atom stereocenters. The van der Waals surface area contributed by atoms with Crippen molar-refractivity contribution < 1.29 is 19.3 Å². The van der Waals surface area contributed by atoms with Gasteiger partial charge in [-0.2, -0.15) is 0 Å². The van der Waals surface area contributed by atoms with Gasteiger partial charge in [0.05, 0.1) is 20.8 Å². The van der Waals surface area contributed by atoms with Gasteiger partial charge in [0, 0.05) is 11.8 Å². The van der Waals surface area contributed by atoms with E-state index in [9.17, 15) is 5.11 Å². The molecule has 2 aromatic rings. The summed E-state index contributed by atoms with van der Waals surface area (Å²) in [6, 6.07) is 12.4. The van der Waals surface area contributed by atoms with E-state index in [4.69, 9.17) is 14.2 Å². The molecule has 0 heterocycles. The van der Waals surface area contributed by atoms with E-state index in [1.165, 1.54) is 0 Å². The van der Waals surface area contributed by atoms with Crippen molar-refractivity contribution in [3.05, 3.63) is 48.0 Å². The Morgan fingerprint density at radius 1 is 1.05 bits per heavy atom. The summed E-state index contributed by atoms with van der Waals surface area (Å²) < 4.78 is 15.9. The third kappa shape index (κ3) is 4.15. The van der Waals surface area contributed by atoms with Gasteiger partial charge in [-0.25, -0.2) is 0 Å². The molecule has 0 aliphatic rings.